The van der Waals surface area contributed by atoms with E-state index in [9.17, 15) is 0 Å². The van der Waals surface area contributed by atoms with Crippen LogP contribution in [0.5, 0.6) is 0 Å². The number of benzene rings is 1. The number of aromatic nitrogens is 1. The normalized spacial score (nSPS) is 15.9. The average Bonchev–Trinajstić information content (AvgIpc) is 3.00. The van der Waals surface area contributed by atoms with Crippen molar-refractivity contribution in [2.24, 2.45) is 4.99 Å². The van der Waals surface area contributed by atoms with Crippen molar-refractivity contribution in [3.63, 3.8) is 0 Å². The molecule has 6 nitrogen and oxygen atoms in total. The van der Waals surface area contributed by atoms with Crippen LogP contribution < -0.4 is 5.32 Å². The molecule has 1 fully saturated rings. The Bertz CT molecular complexity index is 770. The zero-order valence-corrected chi connectivity index (χ0v) is 17.7. The van der Waals surface area contributed by atoms with E-state index < -0.39 is 0 Å². The van der Waals surface area contributed by atoms with Crippen molar-refractivity contribution in [3.8, 4) is 0 Å². The molecular formula is C22H33N5O. The molecule has 0 saturated carbocycles. The second kappa shape index (κ2) is 9.73. The number of aryl methyl sites for hydroxylation is 3. The van der Waals surface area contributed by atoms with Crippen LogP contribution >= 0.6 is 0 Å². The molecule has 0 unspecified atom stereocenters. The van der Waals surface area contributed by atoms with Crippen LogP contribution in [0.1, 0.15) is 35.1 Å². The van der Waals surface area contributed by atoms with E-state index in [1.54, 1.807) is 0 Å². The van der Waals surface area contributed by atoms with Crippen molar-refractivity contribution in [2.45, 2.75) is 40.7 Å². The number of hydrogen-bond donors (Lipinski definition) is 1. The Labute approximate surface area is 168 Å². The van der Waals surface area contributed by atoms with E-state index in [1.807, 2.05) is 13.8 Å². The quantitative estimate of drug-likeness (QED) is 0.614. The molecule has 6 heteroatoms. The number of hydrogen-bond acceptors (Lipinski definition) is 4. The number of nitrogens with one attached hydrogen (secondary N) is 1. The molecule has 1 aromatic heterocycles. The van der Waals surface area contributed by atoms with Crippen LogP contribution in [0.15, 0.2) is 33.8 Å². The van der Waals surface area contributed by atoms with Gasteiger partial charge in [-0.05, 0) is 39.7 Å². The lowest BCUT2D eigenvalue weighted by Crippen LogP contribution is -2.52. The molecule has 1 aromatic carbocycles. The van der Waals surface area contributed by atoms with Gasteiger partial charge in [0.1, 0.15) is 5.76 Å². The Morgan fingerprint density at radius 3 is 2.61 bits per heavy atom. The summed E-state index contributed by atoms with van der Waals surface area (Å²) in [4.78, 5) is 9.76. The van der Waals surface area contributed by atoms with Gasteiger partial charge in [-0.25, -0.2) is 0 Å². The van der Waals surface area contributed by atoms with Gasteiger partial charge in [0.25, 0.3) is 0 Å². The molecule has 1 aliphatic rings. The molecule has 2 heterocycles. The molecule has 0 spiro atoms. The third-order valence-corrected chi connectivity index (χ3v) is 5.30. The fourth-order valence-corrected chi connectivity index (χ4v) is 3.74. The maximum Gasteiger partial charge on any atom is 0.194 e. The molecule has 0 amide bonds. The maximum atomic E-state index is 5.25. The Balaban J connectivity index is 1.53. The molecule has 28 heavy (non-hydrogen) atoms. The molecule has 1 N–H and O–H groups in total. The molecular weight excluding hydrogens is 350 g/mol. The third-order valence-electron chi connectivity index (χ3n) is 5.30. The van der Waals surface area contributed by atoms with Crippen molar-refractivity contribution in [1.82, 2.24) is 20.3 Å². The van der Waals surface area contributed by atoms with Crippen LogP contribution in [0.4, 0.5) is 0 Å². The van der Waals surface area contributed by atoms with Gasteiger partial charge in [0.15, 0.2) is 5.96 Å². The lowest BCUT2D eigenvalue weighted by Gasteiger charge is -2.36. The van der Waals surface area contributed by atoms with Gasteiger partial charge in [0, 0.05) is 51.4 Å². The van der Waals surface area contributed by atoms with Gasteiger partial charge in [-0.3, -0.25) is 9.89 Å². The highest BCUT2D eigenvalue weighted by Gasteiger charge is 2.19. The molecule has 0 radical (unpaired) electrons. The van der Waals surface area contributed by atoms with Crippen molar-refractivity contribution in [3.05, 3.63) is 52.4 Å². The number of nitrogens with zero attached hydrogens (tertiary/aromatic N) is 4. The second-order valence-electron chi connectivity index (χ2n) is 7.54. The summed E-state index contributed by atoms with van der Waals surface area (Å²) in [5, 5.41) is 7.49. The topological polar surface area (TPSA) is 56.9 Å². The minimum absolute atomic E-state index is 0.745. The van der Waals surface area contributed by atoms with Gasteiger partial charge in [-0.15, -0.1) is 0 Å². The standard InChI is InChI=1S/C22H33N5O/c1-5-23-22(24-10-9-21-18(3)25-28-19(21)4)27-13-11-26(12-14-27)16-20-8-6-7-17(2)15-20/h6-8,15H,5,9-14,16H2,1-4H3,(H,23,24). The summed E-state index contributed by atoms with van der Waals surface area (Å²) >= 11 is 0. The zero-order chi connectivity index (χ0) is 19.9. The summed E-state index contributed by atoms with van der Waals surface area (Å²) in [5.74, 6) is 1.92. The fraction of sp³-hybridized carbons (Fsp3) is 0.545. The van der Waals surface area contributed by atoms with Gasteiger partial charge in [0.2, 0.25) is 0 Å². The summed E-state index contributed by atoms with van der Waals surface area (Å²) in [7, 11) is 0. The third kappa shape index (κ3) is 5.35. The first kappa shape index (κ1) is 20.4. The lowest BCUT2D eigenvalue weighted by atomic mass is 10.1. The average molecular weight is 384 g/mol. The van der Waals surface area contributed by atoms with E-state index >= 15 is 0 Å². The van der Waals surface area contributed by atoms with E-state index in [4.69, 9.17) is 9.52 Å². The molecule has 0 atom stereocenters. The highest BCUT2D eigenvalue weighted by atomic mass is 16.5. The Morgan fingerprint density at radius 1 is 1.18 bits per heavy atom. The minimum atomic E-state index is 0.745. The summed E-state index contributed by atoms with van der Waals surface area (Å²) in [6.45, 7) is 15.0. The van der Waals surface area contributed by atoms with Crippen molar-refractivity contribution in [2.75, 3.05) is 39.3 Å². The van der Waals surface area contributed by atoms with Crippen molar-refractivity contribution >= 4 is 5.96 Å². The SMILES string of the molecule is CCNC(=NCCc1c(C)noc1C)N1CCN(Cc2cccc(C)c2)CC1. The van der Waals surface area contributed by atoms with E-state index in [1.165, 1.54) is 16.7 Å². The first-order valence-electron chi connectivity index (χ1n) is 10.3. The molecule has 1 aliphatic heterocycles. The van der Waals surface area contributed by atoms with E-state index in [0.717, 1.165) is 69.6 Å². The summed E-state index contributed by atoms with van der Waals surface area (Å²) < 4.78 is 5.25. The predicted molar refractivity (Wildman–Crippen MR) is 114 cm³/mol. The van der Waals surface area contributed by atoms with Gasteiger partial charge >= 0.3 is 0 Å². The van der Waals surface area contributed by atoms with E-state index in [2.05, 4.69) is 58.4 Å². The Hall–Kier alpha value is -2.34. The fourth-order valence-electron chi connectivity index (χ4n) is 3.74. The van der Waals surface area contributed by atoms with Crippen molar-refractivity contribution in [1.29, 1.82) is 0 Å². The molecule has 0 bridgehead atoms. The Morgan fingerprint density at radius 2 is 1.96 bits per heavy atom. The number of guanidine groups is 1. The predicted octanol–water partition coefficient (Wildman–Crippen LogP) is 2.93. The summed E-state index contributed by atoms with van der Waals surface area (Å²) in [6, 6.07) is 8.81. The monoisotopic (exact) mass is 383 g/mol. The van der Waals surface area contributed by atoms with Gasteiger partial charge in [0.05, 0.1) is 5.69 Å². The summed E-state index contributed by atoms with van der Waals surface area (Å²) in [5.41, 5.74) is 4.88. The Kier molecular flexibility index (Phi) is 7.09. The smallest absolute Gasteiger partial charge is 0.194 e. The number of rotatable bonds is 6. The highest BCUT2D eigenvalue weighted by Crippen LogP contribution is 2.13. The van der Waals surface area contributed by atoms with Crippen LogP contribution in [0.25, 0.3) is 0 Å². The highest BCUT2D eigenvalue weighted by molar-refractivity contribution is 5.80. The van der Waals surface area contributed by atoms with Crippen LogP contribution in [-0.2, 0) is 13.0 Å². The van der Waals surface area contributed by atoms with Gasteiger partial charge < -0.3 is 14.7 Å². The van der Waals surface area contributed by atoms with Crippen LogP contribution in [-0.4, -0.2) is 60.2 Å². The van der Waals surface area contributed by atoms with Crippen LogP contribution in [0.3, 0.4) is 0 Å². The number of piperazine rings is 1. The lowest BCUT2D eigenvalue weighted by molar-refractivity contribution is 0.172. The molecule has 3 rings (SSSR count). The molecule has 2 aromatic rings. The number of aliphatic imine (C=N–C) groups is 1. The maximum absolute atomic E-state index is 5.25. The van der Waals surface area contributed by atoms with Crippen LogP contribution in [0.2, 0.25) is 0 Å². The van der Waals surface area contributed by atoms with Gasteiger partial charge in [-0.1, -0.05) is 35.0 Å². The molecule has 0 aliphatic carbocycles. The minimum Gasteiger partial charge on any atom is -0.361 e. The zero-order valence-electron chi connectivity index (χ0n) is 17.7. The van der Waals surface area contributed by atoms with Crippen LogP contribution in [0, 0.1) is 20.8 Å². The second-order valence-corrected chi connectivity index (χ2v) is 7.54. The van der Waals surface area contributed by atoms with Crippen molar-refractivity contribution < 1.29 is 4.52 Å². The largest absolute Gasteiger partial charge is 0.361 e. The summed E-state index contributed by atoms with van der Waals surface area (Å²) in [6.07, 6.45) is 0.864. The van der Waals surface area contributed by atoms with E-state index in [0.29, 0.717) is 0 Å². The molecule has 1 saturated heterocycles. The molecule has 152 valence electrons. The van der Waals surface area contributed by atoms with E-state index in [-0.39, 0.29) is 0 Å². The van der Waals surface area contributed by atoms with Gasteiger partial charge in [-0.2, -0.15) is 0 Å². The first-order chi connectivity index (χ1) is 13.6. The first-order valence-corrected chi connectivity index (χ1v) is 10.3.